The van der Waals surface area contributed by atoms with Crippen molar-refractivity contribution in [3.63, 3.8) is 0 Å². The number of aryl methyl sites for hydroxylation is 1. The molecule has 2 amide bonds. The molecule has 2 aliphatic rings. The number of amides is 2. The summed E-state index contributed by atoms with van der Waals surface area (Å²) < 4.78 is 10.8. The predicted molar refractivity (Wildman–Crippen MR) is 173 cm³/mol. The molecule has 230 valence electrons. The first kappa shape index (κ1) is 31.0. The number of thiazole rings is 1. The number of methoxy groups -OCH3 is 2. The van der Waals surface area contributed by atoms with Gasteiger partial charge < -0.3 is 19.7 Å². The van der Waals surface area contributed by atoms with Crippen LogP contribution in [-0.2, 0) is 9.59 Å². The number of hydrogen-bond acceptors (Lipinski definition) is 6. The van der Waals surface area contributed by atoms with Crippen LogP contribution in [0.5, 0.6) is 10.9 Å². The standard InChI is InChI=1S/C35H45N3O4S/c1-23-18-29(16-17-32(23)41-3)27-12-10-26(11-13-27)22-38(34(40)28-14-8-25(9-15-28)20-36-24(2)39)31-7-5-6-30(19-31)33-21-37-35(42-4)43-33/h5-7,16-19,21,25-28H,8-15,20,22H2,1-4H3,(H,36,39). The number of rotatable bonds is 10. The molecule has 43 heavy (non-hydrogen) atoms. The topological polar surface area (TPSA) is 80.8 Å². The van der Waals surface area contributed by atoms with Gasteiger partial charge in [0.2, 0.25) is 11.8 Å². The van der Waals surface area contributed by atoms with Crippen molar-refractivity contribution < 1.29 is 19.1 Å². The first-order valence-corrected chi connectivity index (χ1v) is 16.5. The van der Waals surface area contributed by atoms with Crippen molar-refractivity contribution in [2.45, 2.75) is 71.1 Å². The molecule has 0 saturated heterocycles. The summed E-state index contributed by atoms with van der Waals surface area (Å²) in [6, 6.07) is 14.9. The van der Waals surface area contributed by atoms with Gasteiger partial charge in [0.25, 0.3) is 5.19 Å². The van der Waals surface area contributed by atoms with Crippen LogP contribution in [0.4, 0.5) is 5.69 Å². The summed E-state index contributed by atoms with van der Waals surface area (Å²) in [6.45, 7) is 5.13. The number of carbonyl (C=O) groups excluding carboxylic acids is 2. The molecule has 0 bridgehead atoms. The van der Waals surface area contributed by atoms with Crippen molar-refractivity contribution >= 4 is 28.8 Å². The van der Waals surface area contributed by atoms with Crippen molar-refractivity contribution in [1.82, 2.24) is 10.3 Å². The lowest BCUT2D eigenvalue weighted by Gasteiger charge is -2.36. The van der Waals surface area contributed by atoms with E-state index < -0.39 is 0 Å². The van der Waals surface area contributed by atoms with Crippen LogP contribution in [0.2, 0.25) is 0 Å². The molecule has 2 aliphatic carbocycles. The second kappa shape index (κ2) is 14.4. The zero-order valence-corrected chi connectivity index (χ0v) is 26.8. The number of anilines is 1. The van der Waals surface area contributed by atoms with E-state index in [4.69, 9.17) is 9.47 Å². The van der Waals surface area contributed by atoms with Crippen LogP contribution in [0.1, 0.15) is 75.3 Å². The van der Waals surface area contributed by atoms with Gasteiger partial charge in [-0.3, -0.25) is 9.59 Å². The molecule has 0 atom stereocenters. The second-order valence-electron chi connectivity index (χ2n) is 12.3. The van der Waals surface area contributed by atoms with E-state index in [0.717, 1.165) is 79.8 Å². The van der Waals surface area contributed by atoms with Crippen molar-refractivity contribution in [3.05, 3.63) is 59.8 Å². The maximum Gasteiger partial charge on any atom is 0.273 e. The number of ether oxygens (including phenoxy) is 2. The van der Waals surface area contributed by atoms with Crippen LogP contribution in [0.3, 0.4) is 0 Å². The minimum atomic E-state index is 0.0133. The largest absolute Gasteiger partial charge is 0.496 e. The highest BCUT2D eigenvalue weighted by Crippen LogP contribution is 2.40. The molecule has 2 fully saturated rings. The van der Waals surface area contributed by atoms with E-state index in [1.807, 2.05) is 12.3 Å². The second-order valence-corrected chi connectivity index (χ2v) is 13.3. The maximum absolute atomic E-state index is 14.2. The van der Waals surface area contributed by atoms with Crippen LogP contribution < -0.4 is 19.7 Å². The van der Waals surface area contributed by atoms with Gasteiger partial charge in [0, 0.05) is 37.8 Å². The monoisotopic (exact) mass is 603 g/mol. The quantitative estimate of drug-likeness (QED) is 0.261. The van der Waals surface area contributed by atoms with Crippen LogP contribution >= 0.6 is 11.3 Å². The third-order valence-corrected chi connectivity index (χ3v) is 10.4. The summed E-state index contributed by atoms with van der Waals surface area (Å²) in [6.07, 6.45) is 10.00. The Morgan fingerprint density at radius 1 is 0.953 bits per heavy atom. The van der Waals surface area contributed by atoms with Gasteiger partial charge >= 0.3 is 0 Å². The van der Waals surface area contributed by atoms with Crippen molar-refractivity contribution in [2.75, 3.05) is 32.2 Å². The molecule has 3 aromatic rings. The van der Waals surface area contributed by atoms with Gasteiger partial charge in [-0.15, -0.1) is 0 Å². The molecule has 0 unspecified atom stereocenters. The van der Waals surface area contributed by atoms with E-state index in [0.29, 0.717) is 29.5 Å². The lowest BCUT2D eigenvalue weighted by molar-refractivity contribution is -0.124. The van der Waals surface area contributed by atoms with Crippen LogP contribution in [0.25, 0.3) is 10.4 Å². The molecule has 1 aromatic heterocycles. The third-order valence-electron chi connectivity index (χ3n) is 9.38. The summed E-state index contributed by atoms with van der Waals surface area (Å²) in [5.74, 6) is 2.66. The fourth-order valence-corrected chi connectivity index (χ4v) is 7.58. The number of benzene rings is 2. The highest BCUT2D eigenvalue weighted by molar-refractivity contribution is 7.16. The molecule has 2 saturated carbocycles. The van der Waals surface area contributed by atoms with Gasteiger partial charge in [0.05, 0.1) is 19.1 Å². The first-order chi connectivity index (χ1) is 20.8. The molecule has 0 radical (unpaired) electrons. The highest BCUT2D eigenvalue weighted by Gasteiger charge is 2.33. The number of aromatic nitrogens is 1. The summed E-state index contributed by atoms with van der Waals surface area (Å²) in [4.78, 5) is 33.1. The van der Waals surface area contributed by atoms with E-state index in [-0.39, 0.29) is 17.7 Å². The summed E-state index contributed by atoms with van der Waals surface area (Å²) in [5, 5.41) is 3.59. The van der Waals surface area contributed by atoms with Crippen LogP contribution in [0.15, 0.2) is 48.7 Å². The Bertz CT molecular complexity index is 1390. The fourth-order valence-electron chi connectivity index (χ4n) is 6.85. The zero-order chi connectivity index (χ0) is 30.3. The Hall–Kier alpha value is -3.39. The minimum absolute atomic E-state index is 0.0133. The van der Waals surface area contributed by atoms with E-state index in [1.54, 1.807) is 21.1 Å². The summed E-state index contributed by atoms with van der Waals surface area (Å²) in [7, 11) is 3.36. The zero-order valence-electron chi connectivity index (χ0n) is 25.9. The lowest BCUT2D eigenvalue weighted by atomic mass is 9.77. The molecule has 1 heterocycles. The molecule has 5 rings (SSSR count). The minimum Gasteiger partial charge on any atom is -0.496 e. The molecule has 1 N–H and O–H groups in total. The molecule has 7 nitrogen and oxygen atoms in total. The van der Waals surface area contributed by atoms with E-state index in [9.17, 15) is 9.59 Å². The maximum atomic E-state index is 14.2. The van der Waals surface area contributed by atoms with Gasteiger partial charge in [-0.25, -0.2) is 4.98 Å². The third kappa shape index (κ3) is 7.77. The Morgan fingerprint density at radius 3 is 2.35 bits per heavy atom. The number of nitrogens with zero attached hydrogens (tertiary/aromatic N) is 2. The van der Waals surface area contributed by atoms with Gasteiger partial charge in [-0.1, -0.05) is 35.6 Å². The molecule has 0 aliphatic heterocycles. The smallest absolute Gasteiger partial charge is 0.273 e. The summed E-state index contributed by atoms with van der Waals surface area (Å²) in [5.41, 5.74) is 4.59. The Balaban J connectivity index is 1.30. The SMILES string of the molecule is COc1ncc(-c2cccc(N(CC3CCC(c4ccc(OC)c(C)c4)CC3)C(=O)C3CCC(CNC(C)=O)CC3)c2)s1. The van der Waals surface area contributed by atoms with E-state index in [1.165, 1.54) is 22.5 Å². The number of hydrogen-bond donors (Lipinski definition) is 1. The van der Waals surface area contributed by atoms with Crippen molar-refractivity contribution in [3.8, 4) is 21.4 Å². The van der Waals surface area contributed by atoms with Crippen molar-refractivity contribution in [1.29, 1.82) is 0 Å². The Kier molecular flexibility index (Phi) is 10.4. The molecular formula is C35H45N3O4S. The molecule has 8 heteroatoms. The molecular weight excluding hydrogens is 558 g/mol. The highest BCUT2D eigenvalue weighted by atomic mass is 32.1. The molecule has 0 spiro atoms. The van der Waals surface area contributed by atoms with Gasteiger partial charge in [-0.05, 0) is 111 Å². The normalized spacial score (nSPS) is 22.0. The Morgan fingerprint density at radius 2 is 1.70 bits per heavy atom. The van der Waals surface area contributed by atoms with Crippen LogP contribution in [0, 0.1) is 24.7 Å². The van der Waals surface area contributed by atoms with Gasteiger partial charge in [0.1, 0.15) is 5.75 Å². The first-order valence-electron chi connectivity index (χ1n) is 15.6. The predicted octanol–water partition coefficient (Wildman–Crippen LogP) is 7.39. The number of carbonyl (C=O) groups is 2. The molecule has 2 aromatic carbocycles. The lowest BCUT2D eigenvalue weighted by Crippen LogP contribution is -2.42. The Labute approximate surface area is 260 Å². The van der Waals surface area contributed by atoms with Gasteiger partial charge in [-0.2, -0.15) is 0 Å². The van der Waals surface area contributed by atoms with E-state index in [2.05, 4.69) is 58.5 Å². The number of nitrogens with one attached hydrogen (secondary N) is 1. The fraction of sp³-hybridized carbons (Fsp3) is 0.514. The average Bonchev–Trinajstić information content (AvgIpc) is 3.53. The average molecular weight is 604 g/mol. The summed E-state index contributed by atoms with van der Waals surface area (Å²) >= 11 is 1.51. The van der Waals surface area contributed by atoms with E-state index >= 15 is 0 Å². The van der Waals surface area contributed by atoms with Crippen LogP contribution in [-0.4, -0.2) is 44.1 Å². The van der Waals surface area contributed by atoms with Gasteiger partial charge in [0.15, 0.2) is 0 Å². The van der Waals surface area contributed by atoms with Crippen molar-refractivity contribution in [2.24, 2.45) is 17.8 Å².